The molecule has 0 aromatic carbocycles. The van der Waals surface area contributed by atoms with Crippen molar-refractivity contribution in [2.24, 2.45) is 0 Å². The van der Waals surface area contributed by atoms with Gasteiger partial charge in [-0.3, -0.25) is 0 Å². The van der Waals surface area contributed by atoms with E-state index in [2.05, 4.69) is 10.1 Å². The molecule has 0 aliphatic heterocycles. The summed E-state index contributed by atoms with van der Waals surface area (Å²) in [6.45, 7) is 4.00. The topological polar surface area (TPSA) is 58.6 Å². The molecule has 4 heteroatoms. The number of carboxylic acid groups (broad SMARTS) is 1. The third-order valence-electron chi connectivity index (χ3n) is 0.973. The fraction of sp³-hybridized carbons (Fsp3) is 0.833. The lowest BCUT2D eigenvalue weighted by molar-refractivity contribution is 0.0907. The van der Waals surface area contributed by atoms with E-state index < -0.39 is 6.16 Å². The van der Waals surface area contributed by atoms with Gasteiger partial charge in [-0.05, 0) is 19.5 Å². The van der Waals surface area contributed by atoms with Gasteiger partial charge in [0.2, 0.25) is 0 Å². The van der Waals surface area contributed by atoms with Gasteiger partial charge >= 0.3 is 6.16 Å². The first-order valence-electron chi connectivity index (χ1n) is 3.33. The molecule has 0 amide bonds. The molecule has 4 nitrogen and oxygen atoms in total. The maximum absolute atomic E-state index is 9.79. The second kappa shape index (κ2) is 6.35. The number of carbonyl (C=O) groups is 1. The van der Waals surface area contributed by atoms with Crippen LogP contribution >= 0.6 is 0 Å². The Labute approximate surface area is 60.2 Å². The van der Waals surface area contributed by atoms with E-state index in [-0.39, 0.29) is 6.61 Å². The van der Waals surface area contributed by atoms with E-state index in [0.717, 1.165) is 19.5 Å². The Morgan fingerprint density at radius 3 is 2.90 bits per heavy atom. The van der Waals surface area contributed by atoms with Crippen molar-refractivity contribution in [3.63, 3.8) is 0 Å². The molecular weight excluding hydrogens is 134 g/mol. The third-order valence-corrected chi connectivity index (χ3v) is 0.973. The molecule has 0 radical (unpaired) electrons. The minimum atomic E-state index is -1.20. The molecule has 0 bridgehead atoms. The van der Waals surface area contributed by atoms with Gasteiger partial charge in [-0.1, -0.05) is 6.92 Å². The van der Waals surface area contributed by atoms with Crippen molar-refractivity contribution >= 4 is 6.16 Å². The van der Waals surface area contributed by atoms with Crippen molar-refractivity contribution in [1.82, 2.24) is 5.32 Å². The van der Waals surface area contributed by atoms with E-state index in [1.165, 1.54) is 0 Å². The zero-order valence-electron chi connectivity index (χ0n) is 6.09. The first-order valence-corrected chi connectivity index (χ1v) is 3.33. The van der Waals surface area contributed by atoms with Crippen molar-refractivity contribution in [2.75, 3.05) is 19.7 Å². The van der Waals surface area contributed by atoms with Crippen molar-refractivity contribution < 1.29 is 14.6 Å². The van der Waals surface area contributed by atoms with Crippen LogP contribution in [0.25, 0.3) is 0 Å². The summed E-state index contributed by atoms with van der Waals surface area (Å²) in [4.78, 5) is 9.79. The highest BCUT2D eigenvalue weighted by Gasteiger charge is 1.93. The summed E-state index contributed by atoms with van der Waals surface area (Å²) < 4.78 is 4.27. The Balaban J connectivity index is 2.84. The Morgan fingerprint density at radius 1 is 1.70 bits per heavy atom. The van der Waals surface area contributed by atoms with Crippen LogP contribution in [0.2, 0.25) is 0 Å². The second-order valence-electron chi connectivity index (χ2n) is 1.82. The Hall–Kier alpha value is -0.770. The van der Waals surface area contributed by atoms with Gasteiger partial charge in [0, 0.05) is 0 Å². The van der Waals surface area contributed by atoms with Crippen LogP contribution in [0.1, 0.15) is 13.3 Å². The van der Waals surface area contributed by atoms with E-state index in [1.54, 1.807) is 0 Å². The molecule has 0 aromatic heterocycles. The summed E-state index contributed by atoms with van der Waals surface area (Å²) >= 11 is 0. The molecule has 0 atom stereocenters. The minimum absolute atomic E-state index is 0.280. The van der Waals surface area contributed by atoms with Crippen molar-refractivity contribution in [1.29, 1.82) is 0 Å². The number of nitrogens with one attached hydrogen (secondary N) is 1. The lowest BCUT2D eigenvalue weighted by Gasteiger charge is -2.00. The predicted octanol–water partition coefficient (Wildman–Crippen LogP) is 0.681. The normalized spacial score (nSPS) is 9.30. The molecule has 0 saturated heterocycles. The summed E-state index contributed by atoms with van der Waals surface area (Å²) in [5.74, 6) is 0. The molecule has 0 aliphatic carbocycles. The van der Waals surface area contributed by atoms with E-state index >= 15 is 0 Å². The van der Waals surface area contributed by atoms with Crippen LogP contribution in [0.3, 0.4) is 0 Å². The molecule has 60 valence electrons. The van der Waals surface area contributed by atoms with Crippen LogP contribution in [0.15, 0.2) is 0 Å². The maximum Gasteiger partial charge on any atom is 0.505 e. The Morgan fingerprint density at radius 2 is 2.40 bits per heavy atom. The van der Waals surface area contributed by atoms with Crippen LogP contribution < -0.4 is 5.32 Å². The average Bonchev–Trinajstić information content (AvgIpc) is 1.87. The monoisotopic (exact) mass is 147 g/mol. The van der Waals surface area contributed by atoms with E-state index in [0.29, 0.717) is 0 Å². The van der Waals surface area contributed by atoms with Crippen LogP contribution in [0.4, 0.5) is 4.79 Å². The molecule has 0 saturated carbocycles. The highest BCUT2D eigenvalue weighted by atomic mass is 16.7. The van der Waals surface area contributed by atoms with E-state index in [1.807, 2.05) is 6.92 Å². The van der Waals surface area contributed by atoms with Gasteiger partial charge in [-0.2, -0.15) is 0 Å². The first-order chi connectivity index (χ1) is 4.77. The second-order valence-corrected chi connectivity index (χ2v) is 1.82. The number of hydrogen-bond acceptors (Lipinski definition) is 3. The molecule has 0 unspecified atom stereocenters. The molecule has 0 fully saturated rings. The average molecular weight is 147 g/mol. The molecule has 10 heavy (non-hydrogen) atoms. The third kappa shape index (κ3) is 7.23. The van der Waals surface area contributed by atoms with Gasteiger partial charge in [-0.25, -0.2) is 4.79 Å². The highest BCUT2D eigenvalue weighted by molar-refractivity contribution is 5.56. The Kier molecular flexibility index (Phi) is 5.86. The van der Waals surface area contributed by atoms with Gasteiger partial charge in [0.05, 0.1) is 6.61 Å². The summed E-state index contributed by atoms with van der Waals surface area (Å²) in [7, 11) is 0. The van der Waals surface area contributed by atoms with E-state index in [9.17, 15) is 4.79 Å². The van der Waals surface area contributed by atoms with Gasteiger partial charge in [-0.15, -0.1) is 0 Å². The zero-order valence-corrected chi connectivity index (χ0v) is 6.09. The lowest BCUT2D eigenvalue weighted by atomic mass is 10.4. The van der Waals surface area contributed by atoms with Crippen LogP contribution in [0.5, 0.6) is 0 Å². The summed E-state index contributed by atoms with van der Waals surface area (Å²) in [6, 6.07) is 0. The van der Waals surface area contributed by atoms with Crippen LogP contribution in [-0.4, -0.2) is 31.0 Å². The van der Waals surface area contributed by atoms with Crippen molar-refractivity contribution in [3.8, 4) is 0 Å². The molecule has 0 heterocycles. The maximum atomic E-state index is 9.79. The number of hydrogen-bond donors (Lipinski definition) is 2. The quantitative estimate of drug-likeness (QED) is 0.443. The standard InChI is InChI=1S/C6H13NO3/c1-2-7-4-3-5-10-6(8)9/h7H,2-5H2,1H3,(H,8,9). The fourth-order valence-electron chi connectivity index (χ4n) is 0.533. The van der Waals surface area contributed by atoms with Crippen LogP contribution in [0, 0.1) is 0 Å². The summed E-state index contributed by atoms with van der Waals surface area (Å²) in [5.41, 5.74) is 0. The van der Waals surface area contributed by atoms with Gasteiger partial charge in [0.15, 0.2) is 0 Å². The van der Waals surface area contributed by atoms with E-state index in [4.69, 9.17) is 5.11 Å². The van der Waals surface area contributed by atoms with Crippen molar-refractivity contribution in [3.05, 3.63) is 0 Å². The molecule has 0 rings (SSSR count). The molecule has 2 N–H and O–H groups in total. The van der Waals surface area contributed by atoms with Gasteiger partial charge < -0.3 is 15.2 Å². The lowest BCUT2D eigenvalue weighted by Crippen LogP contribution is -2.16. The summed E-state index contributed by atoms with van der Waals surface area (Å²) in [5, 5.41) is 11.1. The molecular formula is C6H13NO3. The Bertz CT molecular complexity index is 95.0. The van der Waals surface area contributed by atoms with Crippen molar-refractivity contribution in [2.45, 2.75) is 13.3 Å². The predicted molar refractivity (Wildman–Crippen MR) is 37.1 cm³/mol. The smallest absolute Gasteiger partial charge is 0.450 e. The minimum Gasteiger partial charge on any atom is -0.450 e. The number of rotatable bonds is 5. The summed E-state index contributed by atoms with van der Waals surface area (Å²) in [6.07, 6.45) is -0.461. The first kappa shape index (κ1) is 9.23. The highest BCUT2D eigenvalue weighted by Crippen LogP contribution is 1.80. The van der Waals surface area contributed by atoms with Gasteiger partial charge in [0.25, 0.3) is 0 Å². The molecule has 0 aromatic rings. The SMILES string of the molecule is CCNCCCOC(=O)O. The fourth-order valence-corrected chi connectivity index (χ4v) is 0.533. The van der Waals surface area contributed by atoms with Crippen LogP contribution in [-0.2, 0) is 4.74 Å². The number of ether oxygens (including phenoxy) is 1. The van der Waals surface area contributed by atoms with Gasteiger partial charge in [0.1, 0.15) is 0 Å². The molecule has 0 spiro atoms. The largest absolute Gasteiger partial charge is 0.505 e. The zero-order chi connectivity index (χ0) is 7.82. The molecule has 0 aliphatic rings.